The second kappa shape index (κ2) is 6.81. The van der Waals surface area contributed by atoms with Crippen LogP contribution < -0.4 is 10.6 Å². The topological polar surface area (TPSA) is 83.3 Å². The van der Waals surface area contributed by atoms with E-state index in [4.69, 9.17) is 4.42 Å². The lowest BCUT2D eigenvalue weighted by Gasteiger charge is -2.39. The van der Waals surface area contributed by atoms with E-state index in [1.54, 1.807) is 6.92 Å². The zero-order valence-electron chi connectivity index (χ0n) is 12.3. The highest BCUT2D eigenvalue weighted by Crippen LogP contribution is 2.12. The quantitative estimate of drug-likeness (QED) is 0.830. The predicted molar refractivity (Wildman–Crippen MR) is 75.4 cm³/mol. The number of aryl methyl sites for hydroxylation is 1. The standard InChI is InChI=1S/C13H23N5O2/c1-4-10-7-18(11(5-2)6-14-10)8-12(19)15-13-17-16-9(3)20-13/h10-11,14H,4-8H2,1-3H3,(H,15,17,19). The maximum Gasteiger partial charge on any atom is 0.322 e. The summed E-state index contributed by atoms with van der Waals surface area (Å²) in [6.45, 7) is 8.18. The minimum atomic E-state index is -0.108. The molecule has 0 bridgehead atoms. The van der Waals surface area contributed by atoms with E-state index in [0.29, 0.717) is 24.5 Å². The Hall–Kier alpha value is -1.47. The van der Waals surface area contributed by atoms with E-state index >= 15 is 0 Å². The Bertz CT molecular complexity index is 448. The van der Waals surface area contributed by atoms with Crippen LogP contribution in [0, 0.1) is 6.92 Å². The van der Waals surface area contributed by atoms with Crippen LogP contribution >= 0.6 is 0 Å². The molecule has 7 nitrogen and oxygen atoms in total. The van der Waals surface area contributed by atoms with Crippen molar-refractivity contribution < 1.29 is 9.21 Å². The summed E-state index contributed by atoms with van der Waals surface area (Å²) in [5.41, 5.74) is 0. The second-order valence-corrected chi connectivity index (χ2v) is 5.18. The Morgan fingerprint density at radius 3 is 2.85 bits per heavy atom. The summed E-state index contributed by atoms with van der Waals surface area (Å²) in [6.07, 6.45) is 2.09. The molecule has 20 heavy (non-hydrogen) atoms. The average molecular weight is 281 g/mol. The molecule has 1 aromatic heterocycles. The fourth-order valence-electron chi connectivity index (χ4n) is 2.49. The van der Waals surface area contributed by atoms with Crippen molar-refractivity contribution in [3.63, 3.8) is 0 Å². The van der Waals surface area contributed by atoms with E-state index in [2.05, 4.69) is 39.6 Å². The summed E-state index contributed by atoms with van der Waals surface area (Å²) in [4.78, 5) is 14.3. The third kappa shape index (κ3) is 3.77. The van der Waals surface area contributed by atoms with Gasteiger partial charge >= 0.3 is 6.01 Å². The van der Waals surface area contributed by atoms with E-state index in [0.717, 1.165) is 25.9 Å². The molecular weight excluding hydrogens is 258 g/mol. The van der Waals surface area contributed by atoms with Crippen molar-refractivity contribution in [1.82, 2.24) is 20.4 Å². The number of rotatable bonds is 5. The molecule has 1 aromatic rings. The summed E-state index contributed by atoms with van der Waals surface area (Å²) in [5, 5.41) is 13.6. The Morgan fingerprint density at radius 1 is 1.45 bits per heavy atom. The number of piperazine rings is 1. The first-order chi connectivity index (χ1) is 9.62. The molecular formula is C13H23N5O2. The number of carbonyl (C=O) groups is 1. The van der Waals surface area contributed by atoms with Crippen LogP contribution in [0.5, 0.6) is 0 Å². The summed E-state index contributed by atoms with van der Waals surface area (Å²) in [6, 6.07) is 1.02. The first-order valence-electron chi connectivity index (χ1n) is 7.19. The minimum absolute atomic E-state index is 0.108. The predicted octanol–water partition coefficient (Wildman–Crippen LogP) is 0.779. The molecule has 2 atom stereocenters. The molecule has 2 unspecified atom stereocenters. The lowest BCUT2D eigenvalue weighted by atomic mass is 10.1. The van der Waals surface area contributed by atoms with E-state index in [1.165, 1.54) is 0 Å². The molecule has 112 valence electrons. The maximum absolute atomic E-state index is 12.0. The third-order valence-electron chi connectivity index (χ3n) is 3.70. The molecule has 1 amide bonds. The fraction of sp³-hybridized carbons (Fsp3) is 0.769. The molecule has 2 rings (SSSR count). The van der Waals surface area contributed by atoms with E-state index in [-0.39, 0.29) is 11.9 Å². The van der Waals surface area contributed by atoms with Gasteiger partial charge in [0.05, 0.1) is 6.54 Å². The number of aromatic nitrogens is 2. The van der Waals surface area contributed by atoms with Crippen molar-refractivity contribution in [1.29, 1.82) is 0 Å². The molecule has 0 radical (unpaired) electrons. The molecule has 0 aliphatic carbocycles. The van der Waals surface area contributed by atoms with Crippen LogP contribution in [0.2, 0.25) is 0 Å². The number of nitrogens with zero attached hydrogens (tertiary/aromatic N) is 3. The number of anilines is 1. The summed E-state index contributed by atoms with van der Waals surface area (Å²) in [5.74, 6) is 0.337. The molecule has 0 spiro atoms. The normalized spacial score (nSPS) is 23.8. The molecule has 1 aliphatic rings. The van der Waals surface area contributed by atoms with Gasteiger partial charge in [0.2, 0.25) is 11.8 Å². The highest BCUT2D eigenvalue weighted by molar-refractivity contribution is 5.90. The molecule has 2 N–H and O–H groups in total. The highest BCUT2D eigenvalue weighted by atomic mass is 16.4. The van der Waals surface area contributed by atoms with Crippen LogP contribution in [0.25, 0.3) is 0 Å². The number of amides is 1. The van der Waals surface area contributed by atoms with Gasteiger partial charge in [-0.15, -0.1) is 5.10 Å². The van der Waals surface area contributed by atoms with Gasteiger partial charge in [-0.3, -0.25) is 15.0 Å². The van der Waals surface area contributed by atoms with E-state index in [9.17, 15) is 4.79 Å². The van der Waals surface area contributed by atoms with Crippen LogP contribution in [-0.2, 0) is 4.79 Å². The fourth-order valence-corrected chi connectivity index (χ4v) is 2.49. The molecule has 1 fully saturated rings. The lowest BCUT2D eigenvalue weighted by Crippen LogP contribution is -2.57. The van der Waals surface area contributed by atoms with Gasteiger partial charge in [-0.05, 0) is 12.8 Å². The van der Waals surface area contributed by atoms with Crippen molar-refractivity contribution in [2.24, 2.45) is 0 Å². The van der Waals surface area contributed by atoms with Gasteiger partial charge in [-0.1, -0.05) is 18.9 Å². The number of hydrogen-bond acceptors (Lipinski definition) is 6. The smallest absolute Gasteiger partial charge is 0.322 e. The first kappa shape index (κ1) is 14.9. The van der Waals surface area contributed by atoms with Gasteiger partial charge in [0.25, 0.3) is 0 Å². The summed E-state index contributed by atoms with van der Waals surface area (Å²) in [7, 11) is 0. The Labute approximate surface area is 119 Å². The zero-order chi connectivity index (χ0) is 14.5. The number of carbonyl (C=O) groups excluding carboxylic acids is 1. The van der Waals surface area contributed by atoms with Gasteiger partial charge < -0.3 is 9.73 Å². The van der Waals surface area contributed by atoms with Crippen LogP contribution in [0.15, 0.2) is 4.42 Å². The van der Waals surface area contributed by atoms with Crippen molar-refractivity contribution >= 4 is 11.9 Å². The van der Waals surface area contributed by atoms with Crippen LogP contribution in [0.3, 0.4) is 0 Å². The Kier molecular flexibility index (Phi) is 5.08. The molecule has 2 heterocycles. The average Bonchev–Trinajstić information content (AvgIpc) is 2.83. The van der Waals surface area contributed by atoms with E-state index < -0.39 is 0 Å². The van der Waals surface area contributed by atoms with Crippen molar-refractivity contribution in [2.75, 3.05) is 25.0 Å². The zero-order valence-corrected chi connectivity index (χ0v) is 12.3. The van der Waals surface area contributed by atoms with Gasteiger partial charge in [0.15, 0.2) is 0 Å². The summed E-state index contributed by atoms with van der Waals surface area (Å²) >= 11 is 0. The van der Waals surface area contributed by atoms with Crippen molar-refractivity contribution in [3.05, 3.63) is 5.89 Å². The molecule has 1 saturated heterocycles. The number of hydrogen-bond donors (Lipinski definition) is 2. The van der Waals surface area contributed by atoms with Crippen molar-refractivity contribution in [3.8, 4) is 0 Å². The van der Waals surface area contributed by atoms with E-state index in [1.807, 2.05) is 0 Å². The molecule has 7 heteroatoms. The molecule has 0 aromatic carbocycles. The maximum atomic E-state index is 12.0. The molecule has 1 aliphatic heterocycles. The van der Waals surface area contributed by atoms with Crippen LogP contribution in [-0.4, -0.2) is 52.7 Å². The monoisotopic (exact) mass is 281 g/mol. The third-order valence-corrected chi connectivity index (χ3v) is 3.70. The largest absolute Gasteiger partial charge is 0.408 e. The second-order valence-electron chi connectivity index (χ2n) is 5.18. The van der Waals surface area contributed by atoms with Crippen LogP contribution in [0.1, 0.15) is 32.6 Å². The minimum Gasteiger partial charge on any atom is -0.408 e. The Balaban J connectivity index is 1.90. The van der Waals surface area contributed by atoms with Gasteiger partial charge in [0.1, 0.15) is 0 Å². The van der Waals surface area contributed by atoms with Gasteiger partial charge in [-0.2, -0.15) is 0 Å². The summed E-state index contributed by atoms with van der Waals surface area (Å²) < 4.78 is 5.15. The van der Waals surface area contributed by atoms with Crippen molar-refractivity contribution in [2.45, 2.75) is 45.7 Å². The first-order valence-corrected chi connectivity index (χ1v) is 7.19. The highest BCUT2D eigenvalue weighted by Gasteiger charge is 2.27. The van der Waals surface area contributed by atoms with Crippen LogP contribution in [0.4, 0.5) is 6.01 Å². The SMILES string of the molecule is CCC1CN(CC(=O)Nc2nnc(C)o2)C(CC)CN1. The Morgan fingerprint density at radius 2 is 2.25 bits per heavy atom. The van der Waals surface area contributed by atoms with Gasteiger partial charge in [-0.25, -0.2) is 0 Å². The lowest BCUT2D eigenvalue weighted by molar-refractivity contribution is -0.118. The van der Waals surface area contributed by atoms with Gasteiger partial charge in [0, 0.05) is 32.1 Å². The number of nitrogens with one attached hydrogen (secondary N) is 2. The molecule has 0 saturated carbocycles.